The van der Waals surface area contributed by atoms with Crippen molar-refractivity contribution < 1.29 is 23.1 Å². The Balaban J connectivity index is 2.28. The summed E-state index contributed by atoms with van der Waals surface area (Å²) in [6.07, 6.45) is 1.80. The van der Waals surface area contributed by atoms with Crippen molar-refractivity contribution in [3.05, 3.63) is 71.3 Å². The molecule has 1 aliphatic carbocycles. The third kappa shape index (κ3) is 2.71. The van der Waals surface area contributed by atoms with E-state index in [1.807, 2.05) is 0 Å². The highest BCUT2D eigenvalue weighted by atomic mass is 31.2. The Hall–Kier alpha value is -1.55. The molecule has 0 radical (unpaired) electrons. The van der Waals surface area contributed by atoms with Gasteiger partial charge in [0.2, 0.25) is 0 Å². The normalized spacial score (nSPS) is 24.8. The maximum Gasteiger partial charge on any atom is 0.336 e. The fourth-order valence-electron chi connectivity index (χ4n) is 3.97. The molecule has 3 rings (SSSR count). The van der Waals surface area contributed by atoms with Gasteiger partial charge in [-0.25, -0.2) is 8.78 Å². The van der Waals surface area contributed by atoms with E-state index in [9.17, 15) is 23.1 Å². The lowest BCUT2D eigenvalue weighted by molar-refractivity contribution is 0.247. The minimum atomic E-state index is -4.77. The quantitative estimate of drug-likeness (QED) is 0.788. The zero-order chi connectivity index (χ0) is 17.4. The van der Waals surface area contributed by atoms with E-state index in [0.29, 0.717) is 12.8 Å². The van der Waals surface area contributed by atoms with Crippen molar-refractivity contribution in [3.63, 3.8) is 0 Å². The molecule has 2 atom stereocenters. The topological polar surface area (TPSA) is 57.5 Å². The standard InChI is InChI=1S/C18H19F2O3P/c19-16-10-3-1-7-13(16)14-8-5-6-12-18(14,24(21,22)23)15-9-2-4-11-17(15)20/h1-4,7,9-11,14H,5-6,8,12H2,(H2,21,22,23). The zero-order valence-corrected chi connectivity index (χ0v) is 13.9. The molecule has 2 aromatic rings. The van der Waals surface area contributed by atoms with E-state index in [4.69, 9.17) is 0 Å². The van der Waals surface area contributed by atoms with Crippen LogP contribution in [0, 0.1) is 11.6 Å². The summed E-state index contributed by atoms with van der Waals surface area (Å²) in [6.45, 7) is 0. The summed E-state index contributed by atoms with van der Waals surface area (Å²) < 4.78 is 41.4. The fourth-order valence-corrected chi connectivity index (χ4v) is 5.59. The zero-order valence-electron chi connectivity index (χ0n) is 13.0. The highest BCUT2D eigenvalue weighted by Crippen LogP contribution is 2.68. The molecule has 2 N–H and O–H groups in total. The average molecular weight is 352 g/mol. The number of rotatable bonds is 3. The minimum absolute atomic E-state index is 0.0220. The van der Waals surface area contributed by atoms with Crippen LogP contribution in [0.15, 0.2) is 48.5 Å². The molecule has 0 aromatic heterocycles. The summed E-state index contributed by atoms with van der Waals surface area (Å²) >= 11 is 0. The largest absolute Gasteiger partial charge is 0.336 e. The Kier molecular flexibility index (Phi) is 4.60. The van der Waals surface area contributed by atoms with Gasteiger partial charge in [0.05, 0.1) is 0 Å². The van der Waals surface area contributed by atoms with Crippen molar-refractivity contribution in [2.45, 2.75) is 36.8 Å². The van der Waals surface area contributed by atoms with Crippen LogP contribution in [0.3, 0.4) is 0 Å². The van der Waals surface area contributed by atoms with Gasteiger partial charge in [0.25, 0.3) is 0 Å². The average Bonchev–Trinajstić information content (AvgIpc) is 2.55. The lowest BCUT2D eigenvalue weighted by Crippen LogP contribution is -2.38. The highest BCUT2D eigenvalue weighted by Gasteiger charge is 2.56. The monoisotopic (exact) mass is 352 g/mol. The van der Waals surface area contributed by atoms with E-state index in [2.05, 4.69) is 0 Å². The molecule has 2 aromatic carbocycles. The maximum atomic E-state index is 14.5. The summed E-state index contributed by atoms with van der Waals surface area (Å²) in [5.74, 6) is -1.95. The first-order chi connectivity index (χ1) is 11.4. The van der Waals surface area contributed by atoms with Crippen LogP contribution >= 0.6 is 7.60 Å². The van der Waals surface area contributed by atoms with Crippen LogP contribution in [0.4, 0.5) is 8.78 Å². The summed E-state index contributed by atoms with van der Waals surface area (Å²) in [6, 6.07) is 11.6. The van der Waals surface area contributed by atoms with Gasteiger partial charge < -0.3 is 9.79 Å². The molecular weight excluding hydrogens is 333 g/mol. The van der Waals surface area contributed by atoms with Crippen LogP contribution in [0.5, 0.6) is 0 Å². The predicted octanol–water partition coefficient (Wildman–Crippen LogP) is 4.70. The lowest BCUT2D eigenvalue weighted by Gasteiger charge is -2.45. The van der Waals surface area contributed by atoms with Crippen molar-refractivity contribution in [1.29, 1.82) is 0 Å². The van der Waals surface area contributed by atoms with Crippen molar-refractivity contribution >= 4 is 7.60 Å². The van der Waals surface area contributed by atoms with Gasteiger partial charge in [0, 0.05) is 11.5 Å². The Morgan fingerprint density at radius 3 is 2.21 bits per heavy atom. The number of hydrogen-bond acceptors (Lipinski definition) is 1. The van der Waals surface area contributed by atoms with Crippen LogP contribution < -0.4 is 0 Å². The number of benzene rings is 2. The Bertz CT molecular complexity index is 789. The highest BCUT2D eigenvalue weighted by molar-refractivity contribution is 7.53. The third-order valence-electron chi connectivity index (χ3n) is 5.02. The first kappa shape index (κ1) is 17.3. The van der Waals surface area contributed by atoms with Gasteiger partial charge in [-0.1, -0.05) is 49.2 Å². The van der Waals surface area contributed by atoms with Gasteiger partial charge in [-0.2, -0.15) is 0 Å². The van der Waals surface area contributed by atoms with E-state index in [0.717, 1.165) is 6.42 Å². The summed E-state index contributed by atoms with van der Waals surface area (Å²) in [4.78, 5) is 20.4. The molecule has 1 fully saturated rings. The number of hydrogen-bond donors (Lipinski definition) is 2. The second-order valence-electron chi connectivity index (χ2n) is 6.27. The Labute approximate surface area is 139 Å². The van der Waals surface area contributed by atoms with Crippen LogP contribution in [0.25, 0.3) is 0 Å². The molecule has 1 saturated carbocycles. The van der Waals surface area contributed by atoms with Gasteiger partial charge >= 0.3 is 7.60 Å². The number of halogens is 2. The molecule has 0 aliphatic heterocycles. The third-order valence-corrected chi connectivity index (χ3v) is 6.83. The molecule has 0 amide bonds. The fraction of sp³-hybridized carbons (Fsp3) is 0.333. The van der Waals surface area contributed by atoms with E-state index >= 15 is 0 Å². The molecule has 3 nitrogen and oxygen atoms in total. The Morgan fingerprint density at radius 1 is 0.958 bits per heavy atom. The molecule has 0 saturated heterocycles. The van der Waals surface area contributed by atoms with E-state index in [1.54, 1.807) is 12.1 Å². The molecule has 6 heteroatoms. The SMILES string of the molecule is O=P(O)(O)C1(c2ccccc2F)CCCCC1c1ccccc1F. The predicted molar refractivity (Wildman–Crippen MR) is 87.7 cm³/mol. The summed E-state index contributed by atoms with van der Waals surface area (Å²) in [5.41, 5.74) is 0.218. The van der Waals surface area contributed by atoms with E-state index in [-0.39, 0.29) is 17.5 Å². The van der Waals surface area contributed by atoms with Crippen molar-refractivity contribution in [2.75, 3.05) is 0 Å². The van der Waals surface area contributed by atoms with Crippen LogP contribution in [0.1, 0.15) is 42.7 Å². The molecule has 24 heavy (non-hydrogen) atoms. The van der Waals surface area contributed by atoms with Gasteiger partial charge in [-0.15, -0.1) is 0 Å². The van der Waals surface area contributed by atoms with Crippen molar-refractivity contribution in [2.24, 2.45) is 0 Å². The molecular formula is C18H19F2O3P. The molecule has 128 valence electrons. The second-order valence-corrected chi connectivity index (χ2v) is 8.15. The van der Waals surface area contributed by atoms with Crippen LogP contribution in [-0.2, 0) is 9.72 Å². The Morgan fingerprint density at radius 2 is 1.58 bits per heavy atom. The summed E-state index contributed by atoms with van der Waals surface area (Å²) in [5, 5.41) is -1.74. The smallest absolute Gasteiger partial charge is 0.324 e. The van der Waals surface area contributed by atoms with Gasteiger partial charge in [-0.05, 0) is 30.5 Å². The van der Waals surface area contributed by atoms with E-state index in [1.165, 1.54) is 36.4 Å². The first-order valence-electron chi connectivity index (χ1n) is 7.93. The van der Waals surface area contributed by atoms with Gasteiger partial charge in [0.15, 0.2) is 0 Å². The van der Waals surface area contributed by atoms with Crippen molar-refractivity contribution in [3.8, 4) is 0 Å². The second kappa shape index (κ2) is 6.40. The van der Waals surface area contributed by atoms with Crippen LogP contribution in [0.2, 0.25) is 0 Å². The lowest BCUT2D eigenvalue weighted by atomic mass is 9.71. The molecule has 0 spiro atoms. The van der Waals surface area contributed by atoms with Crippen LogP contribution in [-0.4, -0.2) is 9.79 Å². The maximum absolute atomic E-state index is 14.5. The van der Waals surface area contributed by atoms with Crippen molar-refractivity contribution in [1.82, 2.24) is 0 Å². The minimum Gasteiger partial charge on any atom is -0.324 e. The molecule has 0 heterocycles. The van der Waals surface area contributed by atoms with Gasteiger partial charge in [-0.3, -0.25) is 4.57 Å². The summed E-state index contributed by atoms with van der Waals surface area (Å²) in [7, 11) is -4.77. The molecule has 2 unspecified atom stereocenters. The molecule has 1 aliphatic rings. The molecule has 0 bridgehead atoms. The van der Waals surface area contributed by atoms with E-state index < -0.39 is 30.3 Å². The first-order valence-corrected chi connectivity index (χ1v) is 9.54. The van der Waals surface area contributed by atoms with Gasteiger partial charge in [0.1, 0.15) is 16.8 Å².